The zero-order valence-electron chi connectivity index (χ0n) is 24.8. The van der Waals surface area contributed by atoms with Crippen molar-refractivity contribution in [2.24, 2.45) is 0 Å². The standard InChI is InChI=1S/C35H39N3O5/c1-3-41-35(40)25-15-18-27-28(21-25)37-34(39)31(27)32(24-9-5-4-6-10-24)36-26-16-13-23(14-17-26)22-38(2)33(29-11-7-19-42-29)30-12-8-20-43-30/h4-6,9-10,13-18,21,29-30,33,36H,3,7-8,11-12,19-20,22H2,1-2H3,(H,37,39)/b32-31-. The van der Waals surface area contributed by atoms with E-state index >= 15 is 0 Å². The maximum atomic E-state index is 13.3. The van der Waals surface area contributed by atoms with Crippen molar-refractivity contribution in [1.29, 1.82) is 0 Å². The second-order valence-electron chi connectivity index (χ2n) is 11.4. The van der Waals surface area contributed by atoms with E-state index < -0.39 is 5.97 Å². The van der Waals surface area contributed by atoms with E-state index in [1.54, 1.807) is 25.1 Å². The Morgan fingerprint density at radius 2 is 1.67 bits per heavy atom. The number of anilines is 2. The summed E-state index contributed by atoms with van der Waals surface area (Å²) in [6.07, 6.45) is 4.79. The maximum absolute atomic E-state index is 13.3. The number of ether oxygens (including phenoxy) is 3. The van der Waals surface area contributed by atoms with E-state index in [-0.39, 0.29) is 30.8 Å². The van der Waals surface area contributed by atoms with Crippen molar-refractivity contribution in [3.05, 3.63) is 95.1 Å². The van der Waals surface area contributed by atoms with Crippen molar-refractivity contribution in [3.8, 4) is 0 Å². The quantitative estimate of drug-likeness (QED) is 0.226. The van der Waals surface area contributed by atoms with Crippen LogP contribution in [0.15, 0.2) is 72.8 Å². The molecule has 2 saturated heterocycles. The van der Waals surface area contributed by atoms with Gasteiger partial charge in [-0.05, 0) is 75.0 Å². The number of esters is 1. The van der Waals surface area contributed by atoms with Crippen LogP contribution >= 0.6 is 0 Å². The van der Waals surface area contributed by atoms with Gasteiger partial charge in [-0.25, -0.2) is 4.79 Å². The largest absolute Gasteiger partial charge is 0.462 e. The lowest BCUT2D eigenvalue weighted by Gasteiger charge is -2.36. The fourth-order valence-corrected chi connectivity index (χ4v) is 6.43. The fourth-order valence-electron chi connectivity index (χ4n) is 6.43. The molecule has 3 aliphatic rings. The van der Waals surface area contributed by atoms with Crippen LogP contribution in [0.2, 0.25) is 0 Å². The fraction of sp³-hybridized carbons (Fsp3) is 0.371. The molecule has 3 heterocycles. The summed E-state index contributed by atoms with van der Waals surface area (Å²) in [5.41, 5.74) is 5.89. The topological polar surface area (TPSA) is 89.1 Å². The van der Waals surface area contributed by atoms with Crippen LogP contribution in [-0.4, -0.2) is 61.9 Å². The molecule has 8 heteroatoms. The van der Waals surface area contributed by atoms with Crippen LogP contribution in [0.25, 0.3) is 11.3 Å². The van der Waals surface area contributed by atoms with E-state index in [0.29, 0.717) is 22.5 Å². The van der Waals surface area contributed by atoms with E-state index in [1.807, 2.05) is 30.3 Å². The predicted molar refractivity (Wildman–Crippen MR) is 168 cm³/mol. The Morgan fingerprint density at radius 1 is 0.977 bits per heavy atom. The number of fused-ring (bicyclic) bond motifs is 1. The molecule has 0 aliphatic carbocycles. The molecule has 2 atom stereocenters. The SMILES string of the molecule is CCOC(=O)c1ccc2c(c1)NC(=O)/C2=C(\Nc1ccc(CN(C)C(C2CCCO2)C2CCCO2)cc1)c1ccccc1. The molecule has 6 rings (SSSR count). The third-order valence-electron chi connectivity index (χ3n) is 8.44. The first-order valence-corrected chi connectivity index (χ1v) is 15.2. The van der Waals surface area contributed by atoms with Gasteiger partial charge in [0.1, 0.15) is 0 Å². The number of carbonyl (C=O) groups excluding carboxylic acids is 2. The van der Waals surface area contributed by atoms with E-state index in [9.17, 15) is 9.59 Å². The molecular formula is C35H39N3O5. The lowest BCUT2D eigenvalue weighted by Crippen LogP contribution is -2.48. The highest BCUT2D eigenvalue weighted by Gasteiger charge is 2.37. The summed E-state index contributed by atoms with van der Waals surface area (Å²) in [6.45, 7) is 4.50. The van der Waals surface area contributed by atoms with E-state index in [4.69, 9.17) is 14.2 Å². The number of benzene rings is 3. The molecule has 0 aromatic heterocycles. The number of amides is 1. The van der Waals surface area contributed by atoms with E-state index in [2.05, 4.69) is 46.8 Å². The minimum absolute atomic E-state index is 0.211. The van der Waals surface area contributed by atoms with Crippen molar-refractivity contribution < 1.29 is 23.8 Å². The predicted octanol–water partition coefficient (Wildman–Crippen LogP) is 5.95. The van der Waals surface area contributed by atoms with Gasteiger partial charge >= 0.3 is 5.97 Å². The Kier molecular flexibility index (Phi) is 8.88. The molecule has 0 bridgehead atoms. The summed E-state index contributed by atoms with van der Waals surface area (Å²) in [4.78, 5) is 28.0. The normalized spacial score (nSPS) is 21.4. The highest BCUT2D eigenvalue weighted by molar-refractivity contribution is 6.37. The summed E-state index contributed by atoms with van der Waals surface area (Å²) in [7, 11) is 2.17. The molecule has 3 aromatic carbocycles. The minimum atomic E-state index is -0.415. The van der Waals surface area contributed by atoms with Crippen molar-refractivity contribution >= 4 is 34.5 Å². The monoisotopic (exact) mass is 581 g/mol. The van der Waals surface area contributed by atoms with Crippen molar-refractivity contribution in [2.75, 3.05) is 37.5 Å². The molecule has 2 unspecified atom stereocenters. The molecule has 3 aliphatic heterocycles. The van der Waals surface area contributed by atoms with Gasteiger partial charge in [-0.2, -0.15) is 0 Å². The summed E-state index contributed by atoms with van der Waals surface area (Å²) >= 11 is 0. The number of hydrogen-bond acceptors (Lipinski definition) is 7. The molecule has 224 valence electrons. The first kappa shape index (κ1) is 29.1. The van der Waals surface area contributed by atoms with Gasteiger partial charge < -0.3 is 24.8 Å². The summed E-state index contributed by atoms with van der Waals surface area (Å²) in [5.74, 6) is -0.642. The number of nitrogens with one attached hydrogen (secondary N) is 2. The molecule has 43 heavy (non-hydrogen) atoms. The van der Waals surface area contributed by atoms with Gasteiger partial charge in [0.05, 0.1) is 47.4 Å². The van der Waals surface area contributed by atoms with Crippen LogP contribution in [0.4, 0.5) is 11.4 Å². The Bertz CT molecular complexity index is 1460. The number of likely N-dealkylation sites (N-methyl/N-ethyl adjacent to an activating group) is 1. The summed E-state index contributed by atoms with van der Waals surface area (Å²) < 4.78 is 17.4. The van der Waals surface area contributed by atoms with Crippen LogP contribution in [0.3, 0.4) is 0 Å². The molecule has 1 amide bonds. The third kappa shape index (κ3) is 6.37. The molecular weight excluding hydrogens is 542 g/mol. The van der Waals surface area contributed by atoms with Crippen LogP contribution in [-0.2, 0) is 25.5 Å². The summed E-state index contributed by atoms with van der Waals surface area (Å²) in [6, 6.07) is 23.6. The van der Waals surface area contributed by atoms with E-state index in [1.165, 1.54) is 5.56 Å². The number of carbonyl (C=O) groups is 2. The molecule has 3 aromatic rings. The number of hydrogen-bond donors (Lipinski definition) is 2. The lowest BCUT2D eigenvalue weighted by molar-refractivity contribution is -0.110. The average molecular weight is 582 g/mol. The molecule has 0 saturated carbocycles. The van der Waals surface area contributed by atoms with Gasteiger partial charge in [0.25, 0.3) is 5.91 Å². The third-order valence-corrected chi connectivity index (χ3v) is 8.44. The lowest BCUT2D eigenvalue weighted by atomic mass is 9.98. The minimum Gasteiger partial charge on any atom is -0.462 e. The first-order chi connectivity index (χ1) is 21.0. The highest BCUT2D eigenvalue weighted by Crippen LogP contribution is 2.38. The Morgan fingerprint density at radius 3 is 2.30 bits per heavy atom. The molecule has 2 fully saturated rings. The van der Waals surface area contributed by atoms with Gasteiger partial charge in [0.15, 0.2) is 0 Å². The highest BCUT2D eigenvalue weighted by atomic mass is 16.5. The zero-order valence-corrected chi connectivity index (χ0v) is 24.8. The van der Waals surface area contributed by atoms with Gasteiger partial charge in [0, 0.05) is 31.0 Å². The Labute approximate surface area is 253 Å². The molecule has 8 nitrogen and oxygen atoms in total. The van der Waals surface area contributed by atoms with Crippen LogP contribution in [0.1, 0.15) is 59.7 Å². The molecule has 0 spiro atoms. The molecule has 0 radical (unpaired) electrons. The van der Waals surface area contributed by atoms with Crippen molar-refractivity contribution in [2.45, 2.75) is 57.4 Å². The zero-order chi connectivity index (χ0) is 29.8. The van der Waals surface area contributed by atoms with Crippen LogP contribution in [0, 0.1) is 0 Å². The summed E-state index contributed by atoms with van der Waals surface area (Å²) in [5, 5.41) is 6.47. The Balaban J connectivity index is 1.25. The van der Waals surface area contributed by atoms with Crippen molar-refractivity contribution in [1.82, 2.24) is 4.90 Å². The van der Waals surface area contributed by atoms with Crippen LogP contribution in [0.5, 0.6) is 0 Å². The molecule has 2 N–H and O–H groups in total. The first-order valence-electron chi connectivity index (χ1n) is 15.2. The second-order valence-corrected chi connectivity index (χ2v) is 11.4. The Hall–Kier alpha value is -3.98. The number of rotatable bonds is 10. The van der Waals surface area contributed by atoms with Gasteiger partial charge in [-0.1, -0.05) is 48.5 Å². The maximum Gasteiger partial charge on any atom is 0.338 e. The van der Waals surface area contributed by atoms with Crippen molar-refractivity contribution in [3.63, 3.8) is 0 Å². The van der Waals surface area contributed by atoms with Gasteiger partial charge in [0.2, 0.25) is 0 Å². The second kappa shape index (κ2) is 13.1. The smallest absolute Gasteiger partial charge is 0.338 e. The number of nitrogens with zero attached hydrogens (tertiary/aromatic N) is 1. The van der Waals surface area contributed by atoms with Gasteiger partial charge in [-0.15, -0.1) is 0 Å². The van der Waals surface area contributed by atoms with Gasteiger partial charge in [-0.3, -0.25) is 9.69 Å². The average Bonchev–Trinajstić information content (AvgIpc) is 3.80. The van der Waals surface area contributed by atoms with E-state index in [0.717, 1.165) is 62.3 Å². The van der Waals surface area contributed by atoms with Crippen LogP contribution < -0.4 is 10.6 Å².